The lowest BCUT2D eigenvalue weighted by Crippen LogP contribution is -2.23. The molecule has 6 heteroatoms. The average Bonchev–Trinajstić information content (AvgIpc) is 2.48. The Hall–Kier alpha value is -1.59. The van der Waals surface area contributed by atoms with Gasteiger partial charge >= 0.3 is 11.7 Å². The molecule has 1 aromatic rings. The van der Waals surface area contributed by atoms with Crippen LogP contribution in [0.4, 0.5) is 0 Å². The van der Waals surface area contributed by atoms with Gasteiger partial charge in [0.25, 0.3) is 0 Å². The van der Waals surface area contributed by atoms with Crippen LogP contribution in [0.3, 0.4) is 0 Å². The molecule has 0 aromatic carbocycles. The van der Waals surface area contributed by atoms with E-state index in [2.05, 4.69) is 5.10 Å². The number of rotatable bonds is 6. The van der Waals surface area contributed by atoms with Crippen LogP contribution in [0.5, 0.6) is 0 Å². The number of carboxylic acids is 1. The van der Waals surface area contributed by atoms with E-state index < -0.39 is 5.97 Å². The van der Waals surface area contributed by atoms with Crippen LogP contribution in [0.1, 0.15) is 25.7 Å². The van der Waals surface area contributed by atoms with E-state index in [0.717, 1.165) is 12.8 Å². The number of aryl methyl sites for hydroxylation is 2. The molecule has 0 unspecified atom stereocenters. The molecule has 1 N–H and O–H groups in total. The first-order valence-corrected chi connectivity index (χ1v) is 4.91. The Morgan fingerprint density at radius 1 is 1.47 bits per heavy atom. The van der Waals surface area contributed by atoms with Crippen LogP contribution in [0.2, 0.25) is 0 Å². The summed E-state index contributed by atoms with van der Waals surface area (Å²) in [4.78, 5) is 21.5. The van der Waals surface area contributed by atoms with Crippen LogP contribution in [-0.2, 0) is 18.4 Å². The van der Waals surface area contributed by atoms with Gasteiger partial charge in [-0.3, -0.25) is 9.36 Å². The van der Waals surface area contributed by atoms with Gasteiger partial charge in [0.15, 0.2) is 0 Å². The molecule has 1 aromatic heterocycles. The van der Waals surface area contributed by atoms with Crippen LogP contribution < -0.4 is 5.69 Å². The second kappa shape index (κ2) is 5.33. The van der Waals surface area contributed by atoms with Gasteiger partial charge in [0.1, 0.15) is 6.33 Å². The first kappa shape index (κ1) is 11.5. The molecule has 6 nitrogen and oxygen atoms in total. The van der Waals surface area contributed by atoms with Crippen LogP contribution >= 0.6 is 0 Å². The number of carboxylic acid groups (broad SMARTS) is 1. The lowest BCUT2D eigenvalue weighted by Gasteiger charge is -1.98. The van der Waals surface area contributed by atoms with Crippen molar-refractivity contribution in [3.05, 3.63) is 16.8 Å². The molecule has 15 heavy (non-hydrogen) atoms. The van der Waals surface area contributed by atoms with Crippen LogP contribution in [0.25, 0.3) is 0 Å². The van der Waals surface area contributed by atoms with E-state index in [1.807, 2.05) is 0 Å². The van der Waals surface area contributed by atoms with Gasteiger partial charge in [0.05, 0.1) is 0 Å². The van der Waals surface area contributed by atoms with Crippen molar-refractivity contribution in [2.75, 3.05) is 0 Å². The first-order valence-electron chi connectivity index (χ1n) is 4.91. The molecule has 0 spiro atoms. The van der Waals surface area contributed by atoms with E-state index >= 15 is 0 Å². The fraction of sp³-hybridized carbons (Fsp3) is 0.667. The summed E-state index contributed by atoms with van der Waals surface area (Å²) in [5.74, 6) is -0.773. The molecule has 0 saturated heterocycles. The van der Waals surface area contributed by atoms with Crippen molar-refractivity contribution in [3.63, 3.8) is 0 Å². The lowest BCUT2D eigenvalue weighted by atomic mass is 10.2. The Kier molecular flexibility index (Phi) is 4.08. The molecule has 0 aliphatic heterocycles. The Morgan fingerprint density at radius 2 is 2.20 bits per heavy atom. The molecule has 0 atom stereocenters. The average molecular weight is 213 g/mol. The van der Waals surface area contributed by atoms with E-state index in [1.54, 1.807) is 7.05 Å². The number of hydrogen-bond acceptors (Lipinski definition) is 3. The summed E-state index contributed by atoms with van der Waals surface area (Å²) in [5.41, 5.74) is -0.131. The van der Waals surface area contributed by atoms with E-state index in [0.29, 0.717) is 13.0 Å². The Balaban J connectivity index is 2.24. The summed E-state index contributed by atoms with van der Waals surface area (Å²) in [6.45, 7) is 0.555. The van der Waals surface area contributed by atoms with Gasteiger partial charge in [-0.05, 0) is 12.8 Å². The summed E-state index contributed by atoms with van der Waals surface area (Å²) >= 11 is 0. The van der Waals surface area contributed by atoms with E-state index in [4.69, 9.17) is 5.11 Å². The zero-order chi connectivity index (χ0) is 11.3. The molecule has 0 aliphatic rings. The van der Waals surface area contributed by atoms with Gasteiger partial charge in [-0.1, -0.05) is 6.42 Å². The van der Waals surface area contributed by atoms with Crippen LogP contribution in [0.15, 0.2) is 11.1 Å². The fourth-order valence-electron chi connectivity index (χ4n) is 1.29. The van der Waals surface area contributed by atoms with Crippen LogP contribution in [0, 0.1) is 0 Å². The number of aromatic nitrogens is 3. The Labute approximate surface area is 87.1 Å². The second-order valence-electron chi connectivity index (χ2n) is 3.45. The molecule has 1 heterocycles. The highest BCUT2D eigenvalue weighted by Crippen LogP contribution is 2.00. The van der Waals surface area contributed by atoms with Gasteiger partial charge in [0.2, 0.25) is 0 Å². The topological polar surface area (TPSA) is 77.1 Å². The highest BCUT2D eigenvalue weighted by molar-refractivity contribution is 5.66. The molecule has 0 radical (unpaired) electrons. The molecule has 0 fully saturated rings. The number of aliphatic carboxylic acids is 1. The minimum Gasteiger partial charge on any atom is -0.481 e. The van der Waals surface area contributed by atoms with Gasteiger partial charge in [0, 0.05) is 20.0 Å². The van der Waals surface area contributed by atoms with E-state index in [9.17, 15) is 9.59 Å². The maximum atomic E-state index is 11.3. The fourth-order valence-corrected chi connectivity index (χ4v) is 1.29. The van der Waals surface area contributed by atoms with Gasteiger partial charge in [-0.25, -0.2) is 9.48 Å². The van der Waals surface area contributed by atoms with Crippen molar-refractivity contribution < 1.29 is 9.90 Å². The van der Waals surface area contributed by atoms with Crippen molar-refractivity contribution in [3.8, 4) is 0 Å². The van der Waals surface area contributed by atoms with Gasteiger partial charge < -0.3 is 5.11 Å². The molecule has 0 bridgehead atoms. The normalized spacial score (nSPS) is 10.5. The van der Waals surface area contributed by atoms with Crippen molar-refractivity contribution in [1.29, 1.82) is 0 Å². The molecule has 0 aliphatic carbocycles. The minimum atomic E-state index is -0.773. The summed E-state index contributed by atoms with van der Waals surface area (Å²) < 4.78 is 2.80. The van der Waals surface area contributed by atoms with E-state index in [1.165, 1.54) is 15.6 Å². The third-order valence-corrected chi connectivity index (χ3v) is 2.15. The monoisotopic (exact) mass is 213 g/mol. The largest absolute Gasteiger partial charge is 0.481 e. The summed E-state index contributed by atoms with van der Waals surface area (Å²) in [5, 5.41) is 12.3. The van der Waals surface area contributed by atoms with Crippen LogP contribution in [-0.4, -0.2) is 25.4 Å². The third kappa shape index (κ3) is 3.57. The predicted molar refractivity (Wildman–Crippen MR) is 53.6 cm³/mol. The van der Waals surface area contributed by atoms with Crippen molar-refractivity contribution in [2.24, 2.45) is 7.05 Å². The maximum absolute atomic E-state index is 11.3. The van der Waals surface area contributed by atoms with Crippen molar-refractivity contribution in [2.45, 2.75) is 32.2 Å². The SMILES string of the molecule is Cn1cnn(CCCCCC(=O)O)c1=O. The Morgan fingerprint density at radius 3 is 2.73 bits per heavy atom. The summed E-state index contributed by atoms with van der Waals surface area (Å²) in [7, 11) is 1.65. The molecule has 0 saturated carbocycles. The zero-order valence-corrected chi connectivity index (χ0v) is 8.72. The highest BCUT2D eigenvalue weighted by atomic mass is 16.4. The molecule has 84 valence electrons. The quantitative estimate of drug-likeness (QED) is 0.686. The summed E-state index contributed by atoms with van der Waals surface area (Å²) in [6.07, 6.45) is 3.90. The summed E-state index contributed by atoms with van der Waals surface area (Å²) in [6, 6.07) is 0. The first-order chi connectivity index (χ1) is 7.11. The third-order valence-electron chi connectivity index (χ3n) is 2.15. The molecular weight excluding hydrogens is 198 g/mol. The number of carbonyl (C=O) groups is 1. The number of nitrogens with zero attached hydrogens (tertiary/aromatic N) is 3. The maximum Gasteiger partial charge on any atom is 0.345 e. The second-order valence-corrected chi connectivity index (χ2v) is 3.45. The lowest BCUT2D eigenvalue weighted by molar-refractivity contribution is -0.137. The highest BCUT2D eigenvalue weighted by Gasteiger charge is 2.01. The standard InChI is InChI=1S/C9H15N3O3/c1-11-7-10-12(9(11)15)6-4-2-3-5-8(13)14/h7H,2-6H2,1H3,(H,13,14). The number of unbranched alkanes of at least 4 members (excludes halogenated alkanes) is 2. The molecular formula is C9H15N3O3. The zero-order valence-electron chi connectivity index (χ0n) is 8.72. The van der Waals surface area contributed by atoms with Crippen molar-refractivity contribution in [1.82, 2.24) is 14.3 Å². The molecule has 1 rings (SSSR count). The minimum absolute atomic E-state index is 0.131. The van der Waals surface area contributed by atoms with Crippen molar-refractivity contribution >= 4 is 5.97 Å². The molecule has 0 amide bonds. The Bertz CT molecular complexity index is 380. The number of hydrogen-bond donors (Lipinski definition) is 1. The smallest absolute Gasteiger partial charge is 0.345 e. The van der Waals surface area contributed by atoms with Gasteiger partial charge in [-0.2, -0.15) is 5.10 Å². The predicted octanol–water partition coefficient (Wildman–Crippen LogP) is 0.227. The van der Waals surface area contributed by atoms with E-state index in [-0.39, 0.29) is 12.1 Å². The van der Waals surface area contributed by atoms with Gasteiger partial charge in [-0.15, -0.1) is 0 Å².